The fourth-order valence-electron chi connectivity index (χ4n) is 4.37. The van der Waals surface area contributed by atoms with E-state index in [0.717, 1.165) is 48.1 Å². The molecule has 0 bridgehead atoms. The summed E-state index contributed by atoms with van der Waals surface area (Å²) < 4.78 is 14.5. The Morgan fingerprint density at radius 1 is 1.09 bits per heavy atom. The lowest BCUT2D eigenvalue weighted by atomic mass is 9.97. The van der Waals surface area contributed by atoms with Crippen molar-refractivity contribution < 1.29 is 4.39 Å². The molecular formula is C27H24FN5. The standard InChI is InChI=1S/C27H24FN5/c1-17-4-2-3-5-22(17)19-8-9-25-23(12-19)26(20-6-7-21(14-29)24(28)13-20)33-27(32-25)31-16-18-10-11-30-15-18/h2-9,12-13,18,30H,10-11,15-16H2,1H3,(H,31,32,33). The number of rotatable bonds is 5. The summed E-state index contributed by atoms with van der Waals surface area (Å²) in [4.78, 5) is 9.54. The molecule has 0 radical (unpaired) electrons. The Balaban J connectivity index is 1.63. The van der Waals surface area contributed by atoms with Crippen LogP contribution in [0.15, 0.2) is 60.7 Å². The monoisotopic (exact) mass is 437 g/mol. The first-order valence-corrected chi connectivity index (χ1v) is 11.1. The molecule has 33 heavy (non-hydrogen) atoms. The number of nitrogens with one attached hydrogen (secondary N) is 2. The molecule has 1 aliphatic rings. The minimum absolute atomic E-state index is 0.0183. The molecule has 0 spiro atoms. The van der Waals surface area contributed by atoms with Gasteiger partial charge in [-0.25, -0.2) is 14.4 Å². The molecule has 6 heteroatoms. The molecule has 2 N–H and O–H groups in total. The third kappa shape index (κ3) is 4.28. The lowest BCUT2D eigenvalue weighted by Gasteiger charge is -2.14. The van der Waals surface area contributed by atoms with Gasteiger partial charge in [0.1, 0.15) is 11.9 Å². The molecule has 5 nitrogen and oxygen atoms in total. The number of aromatic nitrogens is 2. The molecule has 4 aromatic rings. The van der Waals surface area contributed by atoms with E-state index in [-0.39, 0.29) is 5.56 Å². The molecule has 1 aliphatic heterocycles. The highest BCUT2D eigenvalue weighted by Gasteiger charge is 2.17. The predicted molar refractivity (Wildman–Crippen MR) is 129 cm³/mol. The van der Waals surface area contributed by atoms with Crippen molar-refractivity contribution in [2.75, 3.05) is 25.0 Å². The molecule has 5 rings (SSSR count). The van der Waals surface area contributed by atoms with E-state index in [0.29, 0.717) is 23.1 Å². The molecule has 1 aromatic heterocycles. The van der Waals surface area contributed by atoms with Gasteiger partial charge in [0.05, 0.1) is 16.8 Å². The van der Waals surface area contributed by atoms with Crippen molar-refractivity contribution in [1.29, 1.82) is 5.26 Å². The fourth-order valence-corrected chi connectivity index (χ4v) is 4.37. The van der Waals surface area contributed by atoms with Crippen molar-refractivity contribution in [3.63, 3.8) is 0 Å². The third-order valence-electron chi connectivity index (χ3n) is 6.23. The number of anilines is 1. The number of halogens is 1. The minimum atomic E-state index is -0.552. The van der Waals surface area contributed by atoms with Crippen LogP contribution in [-0.2, 0) is 0 Å². The molecule has 1 atom stereocenters. The van der Waals surface area contributed by atoms with E-state index in [2.05, 4.69) is 41.8 Å². The van der Waals surface area contributed by atoms with E-state index < -0.39 is 5.82 Å². The zero-order chi connectivity index (χ0) is 22.8. The second-order valence-corrected chi connectivity index (χ2v) is 8.49. The average molecular weight is 438 g/mol. The molecule has 1 saturated heterocycles. The number of benzene rings is 3. The number of hydrogen-bond donors (Lipinski definition) is 2. The van der Waals surface area contributed by atoms with Crippen LogP contribution in [0.3, 0.4) is 0 Å². The average Bonchev–Trinajstić information content (AvgIpc) is 3.36. The van der Waals surface area contributed by atoms with Crippen molar-refractivity contribution >= 4 is 16.9 Å². The number of fused-ring (bicyclic) bond motifs is 1. The Hall–Kier alpha value is -3.82. The third-order valence-corrected chi connectivity index (χ3v) is 6.23. The van der Waals surface area contributed by atoms with Gasteiger partial charge >= 0.3 is 0 Å². The van der Waals surface area contributed by atoms with Crippen LogP contribution in [0, 0.1) is 30.0 Å². The largest absolute Gasteiger partial charge is 0.354 e. The van der Waals surface area contributed by atoms with Crippen molar-refractivity contribution in [2.45, 2.75) is 13.3 Å². The number of nitrogens with zero attached hydrogens (tertiary/aromatic N) is 3. The molecule has 164 valence electrons. The maximum Gasteiger partial charge on any atom is 0.223 e. The van der Waals surface area contributed by atoms with Crippen LogP contribution in [0.2, 0.25) is 0 Å². The summed E-state index contributed by atoms with van der Waals surface area (Å²) in [5.41, 5.74) is 5.42. The van der Waals surface area contributed by atoms with E-state index in [4.69, 9.17) is 15.2 Å². The summed E-state index contributed by atoms with van der Waals surface area (Å²) in [6.45, 7) is 4.87. The van der Waals surface area contributed by atoms with Crippen LogP contribution in [-0.4, -0.2) is 29.6 Å². The first kappa shape index (κ1) is 21.0. The van der Waals surface area contributed by atoms with Gasteiger partial charge in [0.25, 0.3) is 0 Å². The fraction of sp³-hybridized carbons (Fsp3) is 0.222. The van der Waals surface area contributed by atoms with E-state index in [1.807, 2.05) is 24.3 Å². The Morgan fingerprint density at radius 2 is 1.94 bits per heavy atom. The first-order valence-electron chi connectivity index (χ1n) is 11.1. The minimum Gasteiger partial charge on any atom is -0.354 e. The predicted octanol–water partition coefficient (Wildman–Crippen LogP) is 5.30. The van der Waals surface area contributed by atoms with Gasteiger partial charge in [-0.15, -0.1) is 0 Å². The van der Waals surface area contributed by atoms with Crippen molar-refractivity contribution in [1.82, 2.24) is 15.3 Å². The topological polar surface area (TPSA) is 73.6 Å². The van der Waals surface area contributed by atoms with Gasteiger partial charge in [-0.2, -0.15) is 5.26 Å². The quantitative estimate of drug-likeness (QED) is 0.443. The van der Waals surface area contributed by atoms with Crippen LogP contribution in [0.1, 0.15) is 17.5 Å². The highest BCUT2D eigenvalue weighted by atomic mass is 19.1. The lowest BCUT2D eigenvalue weighted by molar-refractivity contribution is 0.613. The van der Waals surface area contributed by atoms with E-state index >= 15 is 0 Å². The Labute approximate surface area is 192 Å². The van der Waals surface area contributed by atoms with Gasteiger partial charge in [-0.3, -0.25) is 0 Å². The molecular weight excluding hydrogens is 413 g/mol. The Morgan fingerprint density at radius 3 is 2.70 bits per heavy atom. The molecule has 0 saturated carbocycles. The SMILES string of the molecule is Cc1ccccc1-c1ccc2nc(NCC3CCNC3)nc(-c3ccc(C#N)c(F)c3)c2c1. The van der Waals surface area contributed by atoms with Gasteiger partial charge in [0.15, 0.2) is 0 Å². The van der Waals surface area contributed by atoms with Crippen LogP contribution >= 0.6 is 0 Å². The first-order chi connectivity index (χ1) is 16.1. The van der Waals surface area contributed by atoms with Crippen LogP contribution in [0.5, 0.6) is 0 Å². The molecule has 0 aliphatic carbocycles. The molecule has 3 aromatic carbocycles. The number of hydrogen-bond acceptors (Lipinski definition) is 5. The normalized spacial score (nSPS) is 15.5. The Kier molecular flexibility index (Phi) is 5.72. The number of aryl methyl sites for hydroxylation is 1. The maximum atomic E-state index is 14.5. The van der Waals surface area contributed by atoms with Gasteiger partial charge in [-0.1, -0.05) is 36.4 Å². The molecule has 2 heterocycles. The van der Waals surface area contributed by atoms with Crippen LogP contribution < -0.4 is 10.6 Å². The van der Waals surface area contributed by atoms with E-state index in [1.165, 1.54) is 17.7 Å². The summed E-state index contributed by atoms with van der Waals surface area (Å²) in [5, 5.41) is 16.7. The second-order valence-electron chi connectivity index (χ2n) is 8.49. The molecule has 1 unspecified atom stereocenters. The van der Waals surface area contributed by atoms with Gasteiger partial charge in [0, 0.05) is 17.5 Å². The summed E-state index contributed by atoms with van der Waals surface area (Å²) in [6, 6.07) is 20.8. The maximum absolute atomic E-state index is 14.5. The van der Waals surface area contributed by atoms with E-state index in [1.54, 1.807) is 6.07 Å². The zero-order valence-corrected chi connectivity index (χ0v) is 18.4. The van der Waals surface area contributed by atoms with Gasteiger partial charge in [0.2, 0.25) is 5.95 Å². The van der Waals surface area contributed by atoms with Crippen LogP contribution in [0.25, 0.3) is 33.3 Å². The molecule has 0 amide bonds. The summed E-state index contributed by atoms with van der Waals surface area (Å²) >= 11 is 0. The highest BCUT2D eigenvalue weighted by Crippen LogP contribution is 2.33. The van der Waals surface area contributed by atoms with E-state index in [9.17, 15) is 4.39 Å². The second kappa shape index (κ2) is 8.97. The van der Waals surface area contributed by atoms with Crippen molar-refractivity contribution in [3.05, 3.63) is 77.6 Å². The van der Waals surface area contributed by atoms with Gasteiger partial charge in [-0.05, 0) is 73.3 Å². The number of nitriles is 1. The summed E-state index contributed by atoms with van der Waals surface area (Å²) in [6.07, 6.45) is 1.12. The van der Waals surface area contributed by atoms with Crippen LogP contribution in [0.4, 0.5) is 10.3 Å². The zero-order valence-electron chi connectivity index (χ0n) is 18.4. The van der Waals surface area contributed by atoms with Gasteiger partial charge < -0.3 is 10.6 Å². The van der Waals surface area contributed by atoms with Crippen molar-refractivity contribution in [2.24, 2.45) is 5.92 Å². The lowest BCUT2D eigenvalue weighted by Crippen LogP contribution is -2.18. The smallest absolute Gasteiger partial charge is 0.223 e. The summed E-state index contributed by atoms with van der Waals surface area (Å²) in [5.74, 6) is 0.504. The Bertz CT molecular complexity index is 1370. The highest BCUT2D eigenvalue weighted by molar-refractivity contribution is 5.96. The molecule has 1 fully saturated rings. The summed E-state index contributed by atoms with van der Waals surface area (Å²) in [7, 11) is 0. The van der Waals surface area contributed by atoms with Crippen molar-refractivity contribution in [3.8, 4) is 28.5 Å².